The van der Waals surface area contributed by atoms with Crippen LogP contribution in [0.5, 0.6) is 5.75 Å². The minimum Gasteiger partial charge on any atom is -0.497 e. The number of hydrogen-bond acceptors (Lipinski definition) is 5. The molecule has 0 bridgehead atoms. The second kappa shape index (κ2) is 9.01. The van der Waals surface area contributed by atoms with Gasteiger partial charge in [-0.25, -0.2) is 4.39 Å². The molecule has 1 aromatic heterocycles. The van der Waals surface area contributed by atoms with Crippen LogP contribution in [0.15, 0.2) is 78.0 Å². The smallest absolute Gasteiger partial charge is 0.248 e. The van der Waals surface area contributed by atoms with Gasteiger partial charge in [0.15, 0.2) is 11.0 Å². The number of methoxy groups -OCH3 is 1. The number of rotatable bonds is 7. The number of thioether (sulfide) groups is 1. The summed E-state index contributed by atoms with van der Waals surface area (Å²) in [5.41, 5.74) is 7.80. The van der Waals surface area contributed by atoms with Gasteiger partial charge in [-0.15, -0.1) is 10.2 Å². The van der Waals surface area contributed by atoms with Gasteiger partial charge in [-0.05, 0) is 42.0 Å². The molecule has 0 aliphatic heterocycles. The summed E-state index contributed by atoms with van der Waals surface area (Å²) in [6.07, 6.45) is 0. The molecule has 0 fully saturated rings. The molecule has 0 aliphatic carbocycles. The highest BCUT2D eigenvalue weighted by Crippen LogP contribution is 2.32. The monoisotopic (exact) mass is 434 g/mol. The molecule has 0 unspecified atom stereocenters. The van der Waals surface area contributed by atoms with E-state index in [1.54, 1.807) is 48.1 Å². The van der Waals surface area contributed by atoms with Gasteiger partial charge in [0.05, 0.1) is 12.8 Å². The molecule has 0 aliphatic rings. The number of primary amides is 1. The zero-order chi connectivity index (χ0) is 21.8. The van der Waals surface area contributed by atoms with Gasteiger partial charge in [-0.2, -0.15) is 0 Å². The zero-order valence-electron chi connectivity index (χ0n) is 16.7. The maximum atomic E-state index is 14.7. The van der Waals surface area contributed by atoms with E-state index < -0.39 is 5.91 Å². The number of benzene rings is 3. The molecule has 0 saturated heterocycles. The van der Waals surface area contributed by atoms with E-state index in [-0.39, 0.29) is 5.82 Å². The first-order valence-corrected chi connectivity index (χ1v) is 10.4. The molecule has 2 N–H and O–H groups in total. The van der Waals surface area contributed by atoms with Crippen LogP contribution in [0.4, 0.5) is 4.39 Å². The van der Waals surface area contributed by atoms with E-state index in [9.17, 15) is 9.18 Å². The maximum Gasteiger partial charge on any atom is 0.248 e. The van der Waals surface area contributed by atoms with E-state index in [4.69, 9.17) is 10.5 Å². The fourth-order valence-electron chi connectivity index (χ4n) is 3.13. The van der Waals surface area contributed by atoms with Crippen molar-refractivity contribution in [3.63, 3.8) is 0 Å². The van der Waals surface area contributed by atoms with Crippen molar-refractivity contribution in [3.8, 4) is 22.8 Å². The van der Waals surface area contributed by atoms with Crippen LogP contribution in [0.25, 0.3) is 17.1 Å². The number of carbonyl (C=O) groups is 1. The standard InChI is InChI=1S/C23H19FN4O2S/c1-30-18-9-5-8-17(13-18)22-26-27-23(28(22)20-11-3-2-10-19(20)24)31-14-15-6-4-7-16(12-15)21(25)29/h2-13H,14H2,1H3,(H2,25,29). The summed E-state index contributed by atoms with van der Waals surface area (Å²) in [6, 6.07) is 20.9. The van der Waals surface area contributed by atoms with Gasteiger partial charge in [-0.1, -0.05) is 48.2 Å². The third kappa shape index (κ3) is 4.44. The van der Waals surface area contributed by atoms with Crippen LogP contribution >= 0.6 is 11.8 Å². The summed E-state index contributed by atoms with van der Waals surface area (Å²) in [6.45, 7) is 0. The number of hydrogen-bond donors (Lipinski definition) is 1. The van der Waals surface area contributed by atoms with Crippen LogP contribution in [0.3, 0.4) is 0 Å². The van der Waals surface area contributed by atoms with Crippen LogP contribution in [0, 0.1) is 5.82 Å². The second-order valence-electron chi connectivity index (χ2n) is 6.68. The van der Waals surface area contributed by atoms with Gasteiger partial charge in [0.1, 0.15) is 11.6 Å². The zero-order valence-corrected chi connectivity index (χ0v) is 17.5. The van der Waals surface area contributed by atoms with Crippen molar-refractivity contribution in [2.75, 3.05) is 7.11 Å². The summed E-state index contributed by atoms with van der Waals surface area (Å²) in [4.78, 5) is 11.5. The second-order valence-corrected chi connectivity index (χ2v) is 7.62. The van der Waals surface area contributed by atoms with Crippen molar-refractivity contribution in [3.05, 3.63) is 89.7 Å². The Bertz CT molecular complexity index is 1240. The lowest BCUT2D eigenvalue weighted by molar-refractivity contribution is 0.1000. The molecule has 0 radical (unpaired) electrons. The predicted molar refractivity (Wildman–Crippen MR) is 118 cm³/mol. The van der Waals surface area contributed by atoms with Gasteiger partial charge in [0, 0.05) is 16.9 Å². The van der Waals surface area contributed by atoms with E-state index in [0.717, 1.165) is 11.1 Å². The molecule has 4 aromatic rings. The molecule has 156 valence electrons. The highest BCUT2D eigenvalue weighted by atomic mass is 32.2. The van der Waals surface area contributed by atoms with Crippen LogP contribution < -0.4 is 10.5 Å². The Hall–Kier alpha value is -3.65. The van der Waals surface area contributed by atoms with Crippen molar-refractivity contribution in [1.82, 2.24) is 14.8 Å². The molecular formula is C23H19FN4O2S. The van der Waals surface area contributed by atoms with Crippen molar-refractivity contribution >= 4 is 17.7 Å². The lowest BCUT2D eigenvalue weighted by atomic mass is 10.1. The first kappa shape index (κ1) is 20.6. The van der Waals surface area contributed by atoms with E-state index in [1.807, 2.05) is 30.3 Å². The van der Waals surface area contributed by atoms with Crippen molar-refractivity contribution in [2.24, 2.45) is 5.73 Å². The average Bonchev–Trinajstić information content (AvgIpc) is 3.22. The Kier molecular flexibility index (Phi) is 5.99. The molecule has 3 aromatic carbocycles. The van der Waals surface area contributed by atoms with Crippen LogP contribution in [0.2, 0.25) is 0 Å². The van der Waals surface area contributed by atoms with Gasteiger partial charge in [0.2, 0.25) is 5.91 Å². The van der Waals surface area contributed by atoms with Crippen molar-refractivity contribution < 1.29 is 13.9 Å². The van der Waals surface area contributed by atoms with E-state index in [2.05, 4.69) is 10.2 Å². The first-order chi connectivity index (χ1) is 15.1. The lowest BCUT2D eigenvalue weighted by Crippen LogP contribution is -2.10. The first-order valence-electron chi connectivity index (χ1n) is 9.43. The fraction of sp³-hybridized carbons (Fsp3) is 0.0870. The van der Waals surface area contributed by atoms with Crippen LogP contribution in [0.1, 0.15) is 15.9 Å². The Morgan fingerprint density at radius 3 is 2.65 bits per heavy atom. The van der Waals surface area contributed by atoms with E-state index >= 15 is 0 Å². The Morgan fingerprint density at radius 2 is 1.87 bits per heavy atom. The number of aromatic nitrogens is 3. The molecular weight excluding hydrogens is 415 g/mol. The quantitative estimate of drug-likeness (QED) is 0.434. The Labute approximate surface area is 182 Å². The van der Waals surface area contributed by atoms with Gasteiger partial charge in [0.25, 0.3) is 0 Å². The fourth-order valence-corrected chi connectivity index (χ4v) is 4.01. The topological polar surface area (TPSA) is 83.0 Å². The van der Waals surface area contributed by atoms with Gasteiger partial charge in [-0.3, -0.25) is 9.36 Å². The third-order valence-electron chi connectivity index (χ3n) is 4.63. The Morgan fingerprint density at radius 1 is 1.06 bits per heavy atom. The number of nitrogens with two attached hydrogens (primary N) is 1. The molecule has 0 atom stereocenters. The van der Waals surface area contributed by atoms with E-state index in [0.29, 0.717) is 33.7 Å². The molecule has 1 heterocycles. The van der Waals surface area contributed by atoms with Crippen molar-refractivity contribution in [1.29, 1.82) is 0 Å². The normalized spacial score (nSPS) is 10.8. The Balaban J connectivity index is 1.74. The minimum absolute atomic E-state index is 0.346. The van der Waals surface area contributed by atoms with Crippen molar-refractivity contribution in [2.45, 2.75) is 10.9 Å². The lowest BCUT2D eigenvalue weighted by Gasteiger charge is -2.12. The number of carbonyl (C=O) groups excluding carboxylic acids is 1. The van der Waals surface area contributed by atoms with Crippen LogP contribution in [-0.4, -0.2) is 27.8 Å². The van der Waals surface area contributed by atoms with E-state index in [1.165, 1.54) is 17.8 Å². The van der Waals surface area contributed by atoms with Gasteiger partial charge >= 0.3 is 0 Å². The summed E-state index contributed by atoms with van der Waals surface area (Å²) in [5, 5.41) is 9.17. The number of para-hydroxylation sites is 1. The highest BCUT2D eigenvalue weighted by Gasteiger charge is 2.19. The maximum absolute atomic E-state index is 14.7. The molecule has 0 spiro atoms. The molecule has 8 heteroatoms. The summed E-state index contributed by atoms with van der Waals surface area (Å²) in [5.74, 6) is 0.798. The molecule has 6 nitrogen and oxygen atoms in total. The van der Waals surface area contributed by atoms with Crippen LogP contribution in [-0.2, 0) is 5.75 Å². The minimum atomic E-state index is -0.485. The predicted octanol–water partition coefficient (Wildman–Crippen LogP) is 4.47. The molecule has 31 heavy (non-hydrogen) atoms. The number of halogens is 1. The molecule has 0 saturated carbocycles. The SMILES string of the molecule is COc1cccc(-c2nnc(SCc3cccc(C(N)=O)c3)n2-c2ccccc2F)c1. The highest BCUT2D eigenvalue weighted by molar-refractivity contribution is 7.98. The molecule has 4 rings (SSSR count). The summed E-state index contributed by atoms with van der Waals surface area (Å²) in [7, 11) is 1.59. The molecule has 1 amide bonds. The number of nitrogens with zero attached hydrogens (tertiary/aromatic N) is 3. The largest absolute Gasteiger partial charge is 0.497 e. The summed E-state index contributed by atoms with van der Waals surface area (Å²) < 4.78 is 21.7. The summed E-state index contributed by atoms with van der Waals surface area (Å²) >= 11 is 1.39. The van der Waals surface area contributed by atoms with Gasteiger partial charge < -0.3 is 10.5 Å². The number of ether oxygens (including phenoxy) is 1. The third-order valence-corrected chi connectivity index (χ3v) is 5.63. The average molecular weight is 434 g/mol. The number of amides is 1.